The Balaban J connectivity index is 2.08. The van der Waals surface area contributed by atoms with Crippen LogP contribution in [-0.4, -0.2) is 60.3 Å². The maximum absolute atomic E-state index is 12.5. The van der Waals surface area contributed by atoms with Crippen molar-refractivity contribution < 1.29 is 4.79 Å². The molecule has 1 aromatic heterocycles. The van der Waals surface area contributed by atoms with Crippen LogP contribution in [0.1, 0.15) is 12.0 Å². The maximum atomic E-state index is 12.5. The molecule has 2 heterocycles. The summed E-state index contributed by atoms with van der Waals surface area (Å²) in [5.41, 5.74) is 0.863. The Morgan fingerprint density at radius 3 is 3.00 bits per heavy atom. The molecule has 0 saturated carbocycles. The summed E-state index contributed by atoms with van der Waals surface area (Å²) in [7, 11) is 4.09. The average molecular weight is 282 g/mol. The molecule has 0 radical (unpaired) electrons. The third-order valence-electron chi connectivity index (χ3n) is 3.66. The van der Waals surface area contributed by atoms with Crippen LogP contribution in [0.4, 0.5) is 0 Å². The molecule has 104 valence electrons. The molecule has 4 nitrogen and oxygen atoms in total. The van der Waals surface area contributed by atoms with E-state index in [2.05, 4.69) is 21.8 Å². The van der Waals surface area contributed by atoms with E-state index in [0.717, 1.165) is 31.6 Å². The Morgan fingerprint density at radius 1 is 1.47 bits per heavy atom. The van der Waals surface area contributed by atoms with Gasteiger partial charge in [-0.25, -0.2) is 0 Å². The fourth-order valence-corrected chi connectivity index (χ4v) is 2.66. The molecule has 0 aromatic carbocycles. The highest BCUT2D eigenvalue weighted by Crippen LogP contribution is 2.17. The fraction of sp³-hybridized carbons (Fsp3) is 0.571. The normalized spacial score (nSPS) is 22.2. The molecule has 0 aliphatic carbocycles. The monoisotopic (exact) mass is 281 g/mol. The van der Waals surface area contributed by atoms with Gasteiger partial charge >= 0.3 is 0 Å². The number of Topliss-reactive ketones (excluding diaryl/α,β-unsaturated/α-hetero) is 1. The molecule has 1 unspecified atom stereocenters. The van der Waals surface area contributed by atoms with Crippen molar-refractivity contribution in [3.05, 3.63) is 29.0 Å². The predicted octanol–water partition coefficient (Wildman–Crippen LogP) is 1.48. The molecule has 1 saturated heterocycles. The van der Waals surface area contributed by atoms with Gasteiger partial charge in [0.15, 0.2) is 5.78 Å². The topological polar surface area (TPSA) is 36.4 Å². The molecule has 1 aliphatic rings. The number of likely N-dealkylation sites (N-methyl/N-ethyl adjacent to an activating group) is 2. The van der Waals surface area contributed by atoms with Gasteiger partial charge in [-0.05, 0) is 45.2 Å². The standard InChI is InChI=1S/C14H20ClN3O/c1-17-6-3-7-18(2)13(10-17)14(19)8-11-4-5-16-9-12(11)15/h4-5,9,13H,3,6-8,10H2,1-2H3. The van der Waals surface area contributed by atoms with Crippen molar-refractivity contribution in [2.24, 2.45) is 0 Å². The zero-order chi connectivity index (χ0) is 13.8. The van der Waals surface area contributed by atoms with Crippen LogP contribution in [0.5, 0.6) is 0 Å². The van der Waals surface area contributed by atoms with E-state index >= 15 is 0 Å². The van der Waals surface area contributed by atoms with Crippen LogP contribution in [0.2, 0.25) is 5.02 Å². The van der Waals surface area contributed by atoms with Crippen LogP contribution in [-0.2, 0) is 11.2 Å². The number of nitrogens with zero attached hydrogens (tertiary/aromatic N) is 3. The Morgan fingerprint density at radius 2 is 2.26 bits per heavy atom. The minimum Gasteiger partial charge on any atom is -0.304 e. The quantitative estimate of drug-likeness (QED) is 0.841. The van der Waals surface area contributed by atoms with Crippen molar-refractivity contribution >= 4 is 17.4 Å². The van der Waals surface area contributed by atoms with Gasteiger partial charge in [0.2, 0.25) is 0 Å². The zero-order valence-electron chi connectivity index (χ0n) is 11.5. The van der Waals surface area contributed by atoms with Crippen molar-refractivity contribution in [3.8, 4) is 0 Å². The lowest BCUT2D eigenvalue weighted by molar-refractivity contribution is -0.123. The van der Waals surface area contributed by atoms with E-state index < -0.39 is 0 Å². The number of carbonyl (C=O) groups is 1. The summed E-state index contributed by atoms with van der Waals surface area (Å²) in [6.45, 7) is 2.80. The SMILES string of the molecule is CN1CCCN(C)C(C(=O)Cc2ccncc2Cl)C1. The Labute approximate surface area is 119 Å². The number of rotatable bonds is 3. The number of carbonyl (C=O) groups excluding carboxylic acids is 1. The highest BCUT2D eigenvalue weighted by atomic mass is 35.5. The minimum atomic E-state index is -0.0447. The summed E-state index contributed by atoms with van der Waals surface area (Å²) in [6, 6.07) is 1.78. The second kappa shape index (κ2) is 6.46. The second-order valence-electron chi connectivity index (χ2n) is 5.22. The van der Waals surface area contributed by atoms with Crippen LogP contribution in [0.15, 0.2) is 18.5 Å². The van der Waals surface area contributed by atoms with Crippen LogP contribution in [0, 0.1) is 0 Å². The zero-order valence-corrected chi connectivity index (χ0v) is 12.2. The number of hydrogen-bond acceptors (Lipinski definition) is 4. The van der Waals surface area contributed by atoms with Crippen LogP contribution in [0.3, 0.4) is 0 Å². The van der Waals surface area contributed by atoms with Gasteiger partial charge in [0.25, 0.3) is 0 Å². The van der Waals surface area contributed by atoms with Crippen LogP contribution >= 0.6 is 11.6 Å². The molecular formula is C14H20ClN3O. The molecule has 0 bridgehead atoms. The number of halogens is 1. The summed E-state index contributed by atoms with van der Waals surface area (Å²) in [6.07, 6.45) is 4.75. The molecule has 5 heteroatoms. The van der Waals surface area contributed by atoms with Gasteiger partial charge in [0.1, 0.15) is 0 Å². The van der Waals surface area contributed by atoms with Gasteiger partial charge in [0, 0.05) is 25.4 Å². The van der Waals surface area contributed by atoms with E-state index in [4.69, 9.17) is 11.6 Å². The summed E-state index contributed by atoms with van der Waals surface area (Å²) < 4.78 is 0. The molecule has 0 N–H and O–H groups in total. The summed E-state index contributed by atoms with van der Waals surface area (Å²) in [5, 5.41) is 0.570. The van der Waals surface area contributed by atoms with Gasteiger partial charge in [0.05, 0.1) is 11.1 Å². The van der Waals surface area contributed by atoms with E-state index in [1.165, 1.54) is 0 Å². The van der Waals surface area contributed by atoms with Crippen molar-refractivity contribution in [1.82, 2.24) is 14.8 Å². The van der Waals surface area contributed by atoms with Crippen molar-refractivity contribution in [1.29, 1.82) is 0 Å². The third-order valence-corrected chi connectivity index (χ3v) is 4.00. The van der Waals surface area contributed by atoms with Crippen LogP contribution < -0.4 is 0 Å². The van der Waals surface area contributed by atoms with Gasteiger partial charge in [-0.3, -0.25) is 14.7 Å². The van der Waals surface area contributed by atoms with Crippen molar-refractivity contribution in [2.75, 3.05) is 33.7 Å². The number of aromatic nitrogens is 1. The Bertz CT molecular complexity index is 452. The molecule has 0 spiro atoms. The first-order chi connectivity index (χ1) is 9.08. The minimum absolute atomic E-state index is 0.0447. The van der Waals surface area contributed by atoms with Gasteiger partial charge < -0.3 is 4.90 Å². The molecule has 1 fully saturated rings. The lowest BCUT2D eigenvalue weighted by Gasteiger charge is -2.26. The molecular weight excluding hydrogens is 262 g/mol. The number of pyridine rings is 1. The lowest BCUT2D eigenvalue weighted by atomic mass is 10.0. The second-order valence-corrected chi connectivity index (χ2v) is 5.63. The Hall–Kier alpha value is -0.970. The number of hydrogen-bond donors (Lipinski definition) is 0. The van der Waals surface area contributed by atoms with Crippen molar-refractivity contribution in [3.63, 3.8) is 0 Å². The molecule has 1 aromatic rings. The van der Waals surface area contributed by atoms with E-state index in [9.17, 15) is 4.79 Å². The van der Waals surface area contributed by atoms with Gasteiger partial charge in [-0.1, -0.05) is 11.6 Å². The van der Waals surface area contributed by atoms with Crippen LogP contribution in [0.25, 0.3) is 0 Å². The average Bonchev–Trinajstić information content (AvgIpc) is 2.54. The first-order valence-corrected chi connectivity index (χ1v) is 6.95. The first-order valence-electron chi connectivity index (χ1n) is 6.58. The largest absolute Gasteiger partial charge is 0.304 e. The summed E-state index contributed by atoms with van der Waals surface area (Å²) in [5.74, 6) is 0.226. The van der Waals surface area contributed by atoms with Crippen molar-refractivity contribution in [2.45, 2.75) is 18.9 Å². The van der Waals surface area contributed by atoms with E-state index in [1.54, 1.807) is 12.4 Å². The Kier molecular flexibility index (Phi) is 4.91. The molecule has 0 amide bonds. The van der Waals surface area contributed by atoms with E-state index in [-0.39, 0.29) is 11.8 Å². The molecule has 1 aliphatic heterocycles. The van der Waals surface area contributed by atoms with Gasteiger partial charge in [-0.2, -0.15) is 0 Å². The maximum Gasteiger partial charge on any atom is 0.155 e. The van der Waals surface area contributed by atoms with E-state index in [0.29, 0.717) is 11.4 Å². The third kappa shape index (κ3) is 3.75. The molecule has 2 rings (SSSR count). The van der Waals surface area contributed by atoms with E-state index in [1.807, 2.05) is 13.1 Å². The predicted molar refractivity (Wildman–Crippen MR) is 76.5 cm³/mol. The first kappa shape index (κ1) is 14.4. The fourth-order valence-electron chi connectivity index (χ4n) is 2.47. The highest BCUT2D eigenvalue weighted by Gasteiger charge is 2.27. The highest BCUT2D eigenvalue weighted by molar-refractivity contribution is 6.31. The molecule has 1 atom stereocenters. The molecule has 19 heavy (non-hydrogen) atoms. The lowest BCUT2D eigenvalue weighted by Crippen LogP contribution is -2.44. The smallest absolute Gasteiger partial charge is 0.155 e. The van der Waals surface area contributed by atoms with Gasteiger partial charge in [-0.15, -0.1) is 0 Å². The summed E-state index contributed by atoms with van der Waals surface area (Å²) in [4.78, 5) is 20.8. The summed E-state index contributed by atoms with van der Waals surface area (Å²) >= 11 is 6.07. The number of ketones is 1.